The van der Waals surface area contributed by atoms with Gasteiger partial charge >= 0.3 is 0 Å². The average Bonchev–Trinajstić information content (AvgIpc) is 2.71. The summed E-state index contributed by atoms with van der Waals surface area (Å²) in [5.74, 6) is 2.63. The number of hydrogen-bond acceptors (Lipinski definition) is 5. The summed E-state index contributed by atoms with van der Waals surface area (Å²) in [4.78, 5) is 12.9. The number of rotatable bonds is 7. The molecule has 0 saturated carbocycles. The van der Waals surface area contributed by atoms with Crippen LogP contribution in [0, 0.1) is 5.92 Å². The first-order valence-electron chi connectivity index (χ1n) is 9.54. The Morgan fingerprint density at radius 1 is 1.07 bits per heavy atom. The van der Waals surface area contributed by atoms with E-state index in [-0.39, 0.29) is 17.9 Å². The maximum Gasteiger partial charge on any atom is 0.251 e. The van der Waals surface area contributed by atoms with Gasteiger partial charge in [-0.1, -0.05) is 19.9 Å². The lowest BCUT2D eigenvalue weighted by atomic mass is 9.95. The minimum Gasteiger partial charge on any atom is -0.493 e. The first kappa shape index (κ1) is 19.9. The Balaban J connectivity index is 1.82. The lowest BCUT2D eigenvalue weighted by Crippen LogP contribution is -2.32. The van der Waals surface area contributed by atoms with Gasteiger partial charge in [-0.25, -0.2) is 0 Å². The quantitative estimate of drug-likeness (QED) is 0.781. The van der Waals surface area contributed by atoms with Crippen molar-refractivity contribution < 1.29 is 23.7 Å². The Morgan fingerprint density at radius 2 is 1.82 bits per heavy atom. The van der Waals surface area contributed by atoms with Gasteiger partial charge in [0.2, 0.25) is 0 Å². The Labute approximate surface area is 165 Å². The second-order valence-electron chi connectivity index (χ2n) is 6.90. The molecule has 0 radical (unpaired) electrons. The fourth-order valence-electron chi connectivity index (χ4n) is 3.20. The molecule has 1 atom stereocenters. The van der Waals surface area contributed by atoms with Gasteiger partial charge in [0.25, 0.3) is 5.91 Å². The van der Waals surface area contributed by atoms with Crippen molar-refractivity contribution in [1.29, 1.82) is 0 Å². The zero-order valence-corrected chi connectivity index (χ0v) is 16.8. The number of ether oxygens (including phenoxy) is 4. The molecule has 0 aliphatic carbocycles. The fraction of sp³-hybridized carbons (Fsp3) is 0.409. The van der Waals surface area contributed by atoms with Crippen molar-refractivity contribution in [2.24, 2.45) is 5.92 Å². The predicted octanol–water partition coefficient (Wildman–Crippen LogP) is 3.99. The number of hydrogen-bond donors (Lipinski definition) is 1. The molecule has 1 N–H and O–H groups in total. The topological polar surface area (TPSA) is 66.0 Å². The summed E-state index contributed by atoms with van der Waals surface area (Å²) in [6.07, 6.45) is 0. The number of carbonyl (C=O) groups excluding carboxylic acids is 1. The number of benzene rings is 2. The minimum atomic E-state index is -0.171. The van der Waals surface area contributed by atoms with E-state index in [9.17, 15) is 4.79 Å². The van der Waals surface area contributed by atoms with Gasteiger partial charge in [0.05, 0.1) is 19.8 Å². The van der Waals surface area contributed by atoms with Crippen molar-refractivity contribution in [2.75, 3.05) is 26.9 Å². The molecule has 6 heteroatoms. The van der Waals surface area contributed by atoms with Gasteiger partial charge in [-0.2, -0.15) is 0 Å². The Bertz CT molecular complexity index is 834. The highest BCUT2D eigenvalue weighted by molar-refractivity contribution is 5.95. The molecular weight excluding hydrogens is 358 g/mol. The molecule has 28 heavy (non-hydrogen) atoms. The molecule has 1 aliphatic heterocycles. The third-order valence-electron chi connectivity index (χ3n) is 4.60. The second kappa shape index (κ2) is 8.87. The van der Waals surface area contributed by atoms with Crippen molar-refractivity contribution in [2.45, 2.75) is 26.8 Å². The smallest absolute Gasteiger partial charge is 0.251 e. The van der Waals surface area contributed by atoms with E-state index in [1.54, 1.807) is 25.3 Å². The molecule has 0 bridgehead atoms. The highest BCUT2D eigenvalue weighted by Crippen LogP contribution is 2.35. The lowest BCUT2D eigenvalue weighted by molar-refractivity contribution is 0.0925. The Morgan fingerprint density at radius 3 is 2.50 bits per heavy atom. The molecule has 6 nitrogen and oxygen atoms in total. The lowest BCUT2D eigenvalue weighted by Gasteiger charge is -2.25. The van der Waals surface area contributed by atoms with E-state index < -0.39 is 0 Å². The number of methoxy groups -OCH3 is 1. The third kappa shape index (κ3) is 4.32. The molecule has 1 aliphatic rings. The summed E-state index contributed by atoms with van der Waals surface area (Å²) in [6, 6.07) is 10.8. The van der Waals surface area contributed by atoms with Gasteiger partial charge in [0.1, 0.15) is 13.2 Å². The van der Waals surface area contributed by atoms with Gasteiger partial charge in [-0.05, 0) is 48.7 Å². The number of nitrogens with one attached hydrogen (secondary N) is 1. The van der Waals surface area contributed by atoms with Crippen LogP contribution in [0.1, 0.15) is 42.7 Å². The number of amides is 1. The molecule has 2 aromatic carbocycles. The van der Waals surface area contributed by atoms with Crippen molar-refractivity contribution >= 4 is 5.91 Å². The summed E-state index contributed by atoms with van der Waals surface area (Å²) in [5, 5.41) is 3.13. The van der Waals surface area contributed by atoms with Crippen LogP contribution < -0.4 is 24.3 Å². The summed E-state index contributed by atoms with van der Waals surface area (Å²) >= 11 is 0. The number of carbonyl (C=O) groups is 1. The maximum atomic E-state index is 12.9. The number of fused-ring (bicyclic) bond motifs is 1. The van der Waals surface area contributed by atoms with E-state index >= 15 is 0 Å². The molecule has 1 heterocycles. The first-order chi connectivity index (χ1) is 13.5. The molecule has 150 valence electrons. The molecular formula is C22H27NO5. The normalized spacial score (nSPS) is 13.8. The minimum absolute atomic E-state index is 0.166. The van der Waals surface area contributed by atoms with Crippen LogP contribution in [0.4, 0.5) is 0 Å². The molecule has 2 aromatic rings. The van der Waals surface area contributed by atoms with E-state index in [1.807, 2.05) is 25.1 Å². The van der Waals surface area contributed by atoms with E-state index in [0.717, 1.165) is 11.3 Å². The standard InChI is InChI=1S/C22H27NO5/c1-5-26-17-9-7-16(13-19(17)25-4)22(24)23-21(14(2)3)15-6-8-18-20(12-15)28-11-10-27-18/h6-9,12-14,21H,5,10-11H2,1-4H3,(H,23,24)/t21-/m0/s1. The van der Waals surface area contributed by atoms with E-state index in [0.29, 0.717) is 42.6 Å². The van der Waals surface area contributed by atoms with Crippen molar-refractivity contribution in [3.8, 4) is 23.0 Å². The first-order valence-corrected chi connectivity index (χ1v) is 9.54. The van der Waals surface area contributed by atoms with Gasteiger partial charge < -0.3 is 24.3 Å². The Hall–Kier alpha value is -2.89. The summed E-state index contributed by atoms with van der Waals surface area (Å²) in [6.45, 7) is 7.65. The summed E-state index contributed by atoms with van der Waals surface area (Å²) < 4.78 is 22.1. The fourth-order valence-corrected chi connectivity index (χ4v) is 3.20. The zero-order chi connectivity index (χ0) is 20.1. The van der Waals surface area contributed by atoms with Crippen LogP contribution in [0.15, 0.2) is 36.4 Å². The van der Waals surface area contributed by atoms with Crippen LogP contribution in [0.5, 0.6) is 23.0 Å². The SMILES string of the molecule is CCOc1ccc(C(=O)N[C@H](c2ccc3c(c2)OCCO3)C(C)C)cc1OC. The second-order valence-corrected chi connectivity index (χ2v) is 6.90. The van der Waals surface area contributed by atoms with Gasteiger partial charge in [-0.3, -0.25) is 4.79 Å². The van der Waals surface area contributed by atoms with E-state index in [4.69, 9.17) is 18.9 Å². The van der Waals surface area contributed by atoms with Crippen LogP contribution in [0.3, 0.4) is 0 Å². The largest absolute Gasteiger partial charge is 0.493 e. The molecule has 3 rings (SSSR count). The Kier molecular flexibility index (Phi) is 6.29. The molecule has 0 aromatic heterocycles. The predicted molar refractivity (Wildman–Crippen MR) is 107 cm³/mol. The third-order valence-corrected chi connectivity index (χ3v) is 4.60. The van der Waals surface area contributed by atoms with E-state index in [2.05, 4.69) is 19.2 Å². The summed E-state index contributed by atoms with van der Waals surface area (Å²) in [5.41, 5.74) is 1.49. The van der Waals surface area contributed by atoms with Crippen molar-refractivity contribution in [3.05, 3.63) is 47.5 Å². The highest BCUT2D eigenvalue weighted by atomic mass is 16.6. The molecule has 0 spiro atoms. The summed E-state index contributed by atoms with van der Waals surface area (Å²) in [7, 11) is 1.56. The molecule has 0 unspecified atom stereocenters. The van der Waals surface area contributed by atoms with Crippen LogP contribution >= 0.6 is 0 Å². The molecule has 0 fully saturated rings. The molecule has 1 amide bonds. The monoisotopic (exact) mass is 385 g/mol. The maximum absolute atomic E-state index is 12.9. The van der Waals surface area contributed by atoms with Crippen LogP contribution in [0.25, 0.3) is 0 Å². The van der Waals surface area contributed by atoms with Crippen molar-refractivity contribution in [3.63, 3.8) is 0 Å². The highest BCUT2D eigenvalue weighted by Gasteiger charge is 2.22. The van der Waals surface area contributed by atoms with Crippen LogP contribution in [-0.2, 0) is 0 Å². The molecule has 0 saturated heterocycles. The average molecular weight is 385 g/mol. The van der Waals surface area contributed by atoms with Crippen molar-refractivity contribution in [1.82, 2.24) is 5.32 Å². The van der Waals surface area contributed by atoms with E-state index in [1.165, 1.54) is 0 Å². The van der Waals surface area contributed by atoms with Gasteiger partial charge in [0.15, 0.2) is 23.0 Å². The zero-order valence-electron chi connectivity index (χ0n) is 16.8. The van der Waals surface area contributed by atoms with Gasteiger partial charge in [-0.15, -0.1) is 0 Å². The van der Waals surface area contributed by atoms with Gasteiger partial charge in [0, 0.05) is 5.56 Å². The van der Waals surface area contributed by atoms with Crippen LogP contribution in [0.2, 0.25) is 0 Å². The van der Waals surface area contributed by atoms with Crippen LogP contribution in [-0.4, -0.2) is 32.8 Å².